The van der Waals surface area contributed by atoms with Crippen molar-refractivity contribution >= 4 is 34.4 Å². The Morgan fingerprint density at radius 1 is 1.16 bits per heavy atom. The normalized spacial score (nSPS) is 10.8. The Hall–Kier alpha value is -1.62. The predicted octanol–water partition coefficient (Wildman–Crippen LogP) is 4.33. The van der Waals surface area contributed by atoms with Crippen LogP contribution in [-0.4, -0.2) is 10.7 Å². The molecular formula is C16H12INO. The Balaban J connectivity index is 2.32. The fourth-order valence-electron chi connectivity index (χ4n) is 2.30. The van der Waals surface area contributed by atoms with Gasteiger partial charge in [-0.3, -0.25) is 4.79 Å². The van der Waals surface area contributed by atoms with E-state index in [1.807, 2.05) is 41.8 Å². The molecule has 2 nitrogen and oxygen atoms in total. The third-order valence-corrected chi connectivity index (χ3v) is 3.87. The standard InChI is InChI=1S/C16H12INO/c1-11-5-6-14-8-15(16(10-19)18(14)9-11)12-3-2-4-13(17)7-12/h2-10H,1H3. The summed E-state index contributed by atoms with van der Waals surface area (Å²) in [6.07, 6.45) is 2.93. The Kier molecular flexibility index (Phi) is 3.14. The van der Waals surface area contributed by atoms with Gasteiger partial charge in [0.1, 0.15) is 0 Å². The second-order valence-corrected chi connectivity index (χ2v) is 5.82. The molecule has 1 aromatic carbocycles. The fraction of sp³-hybridized carbons (Fsp3) is 0.0625. The lowest BCUT2D eigenvalue weighted by Crippen LogP contribution is -1.93. The Labute approximate surface area is 125 Å². The zero-order valence-corrected chi connectivity index (χ0v) is 12.6. The molecule has 0 aliphatic heterocycles. The largest absolute Gasteiger partial charge is 0.313 e. The maximum Gasteiger partial charge on any atom is 0.167 e. The molecule has 0 atom stereocenters. The van der Waals surface area contributed by atoms with E-state index >= 15 is 0 Å². The molecule has 2 heterocycles. The molecule has 0 bridgehead atoms. The third kappa shape index (κ3) is 2.18. The summed E-state index contributed by atoms with van der Waals surface area (Å²) in [5, 5.41) is 0. The molecule has 3 rings (SSSR count). The fourth-order valence-corrected chi connectivity index (χ4v) is 2.85. The summed E-state index contributed by atoms with van der Waals surface area (Å²) in [4.78, 5) is 11.4. The van der Waals surface area contributed by atoms with E-state index in [1.165, 1.54) is 3.57 Å². The lowest BCUT2D eigenvalue weighted by atomic mass is 10.1. The SMILES string of the molecule is Cc1ccc2cc(-c3cccc(I)c3)c(C=O)n2c1. The highest BCUT2D eigenvalue weighted by Crippen LogP contribution is 2.28. The third-order valence-electron chi connectivity index (χ3n) is 3.20. The minimum Gasteiger partial charge on any atom is -0.313 e. The van der Waals surface area contributed by atoms with E-state index < -0.39 is 0 Å². The quantitative estimate of drug-likeness (QED) is 0.492. The van der Waals surface area contributed by atoms with E-state index in [0.29, 0.717) is 5.69 Å². The van der Waals surface area contributed by atoms with Crippen LogP contribution in [-0.2, 0) is 0 Å². The Morgan fingerprint density at radius 2 is 2.00 bits per heavy atom. The van der Waals surface area contributed by atoms with Crippen molar-refractivity contribution in [3.8, 4) is 11.1 Å². The number of aromatic nitrogens is 1. The minimum atomic E-state index is 0.709. The molecule has 3 heteroatoms. The van der Waals surface area contributed by atoms with Crippen LogP contribution in [0.3, 0.4) is 0 Å². The summed E-state index contributed by atoms with van der Waals surface area (Å²) in [5.74, 6) is 0. The van der Waals surface area contributed by atoms with Crippen LogP contribution in [0.15, 0.2) is 48.7 Å². The van der Waals surface area contributed by atoms with E-state index in [4.69, 9.17) is 0 Å². The highest BCUT2D eigenvalue weighted by atomic mass is 127. The highest BCUT2D eigenvalue weighted by molar-refractivity contribution is 14.1. The summed E-state index contributed by atoms with van der Waals surface area (Å²) in [6, 6.07) is 14.4. The maximum absolute atomic E-state index is 11.4. The molecule has 0 amide bonds. The number of halogens is 1. The second-order valence-electron chi connectivity index (χ2n) is 4.57. The van der Waals surface area contributed by atoms with Gasteiger partial charge in [0, 0.05) is 20.8 Å². The molecule has 19 heavy (non-hydrogen) atoms. The van der Waals surface area contributed by atoms with Crippen LogP contribution >= 0.6 is 22.6 Å². The number of aryl methyl sites for hydroxylation is 1. The van der Waals surface area contributed by atoms with Crippen LogP contribution in [0.25, 0.3) is 16.6 Å². The van der Waals surface area contributed by atoms with Crippen molar-refractivity contribution in [2.45, 2.75) is 6.92 Å². The van der Waals surface area contributed by atoms with Gasteiger partial charge in [-0.25, -0.2) is 0 Å². The van der Waals surface area contributed by atoms with Gasteiger partial charge in [-0.15, -0.1) is 0 Å². The van der Waals surface area contributed by atoms with Gasteiger partial charge >= 0.3 is 0 Å². The Morgan fingerprint density at radius 3 is 2.74 bits per heavy atom. The first-order valence-corrected chi connectivity index (χ1v) is 7.10. The molecule has 0 fully saturated rings. The van der Waals surface area contributed by atoms with Crippen LogP contribution in [0.4, 0.5) is 0 Å². The van der Waals surface area contributed by atoms with Crippen molar-refractivity contribution in [1.82, 2.24) is 4.40 Å². The zero-order chi connectivity index (χ0) is 13.4. The van der Waals surface area contributed by atoms with E-state index in [2.05, 4.69) is 40.8 Å². The first-order chi connectivity index (χ1) is 9.19. The second kappa shape index (κ2) is 4.81. The van der Waals surface area contributed by atoms with Crippen LogP contribution in [0.2, 0.25) is 0 Å². The number of aldehydes is 1. The summed E-state index contributed by atoms with van der Waals surface area (Å²) in [7, 11) is 0. The van der Waals surface area contributed by atoms with Crippen LogP contribution in [0.5, 0.6) is 0 Å². The molecule has 0 saturated carbocycles. The number of carbonyl (C=O) groups excluding carboxylic acids is 1. The van der Waals surface area contributed by atoms with Crippen molar-refractivity contribution in [2.75, 3.05) is 0 Å². The summed E-state index contributed by atoms with van der Waals surface area (Å²) >= 11 is 2.28. The van der Waals surface area contributed by atoms with Gasteiger partial charge in [-0.05, 0) is 64.9 Å². The lowest BCUT2D eigenvalue weighted by molar-refractivity contribution is 0.111. The predicted molar refractivity (Wildman–Crippen MR) is 85.7 cm³/mol. The number of rotatable bonds is 2. The number of carbonyl (C=O) groups is 1. The van der Waals surface area contributed by atoms with Crippen LogP contribution in [0.1, 0.15) is 16.1 Å². The van der Waals surface area contributed by atoms with Gasteiger partial charge in [0.15, 0.2) is 6.29 Å². The smallest absolute Gasteiger partial charge is 0.167 e. The number of nitrogens with zero attached hydrogens (tertiary/aromatic N) is 1. The zero-order valence-electron chi connectivity index (χ0n) is 10.4. The van der Waals surface area contributed by atoms with Gasteiger partial charge in [0.25, 0.3) is 0 Å². The number of fused-ring (bicyclic) bond motifs is 1. The van der Waals surface area contributed by atoms with Crippen LogP contribution in [0, 0.1) is 10.5 Å². The monoisotopic (exact) mass is 361 g/mol. The van der Waals surface area contributed by atoms with E-state index in [0.717, 1.165) is 28.5 Å². The highest BCUT2D eigenvalue weighted by Gasteiger charge is 2.11. The van der Waals surface area contributed by atoms with Crippen LogP contribution < -0.4 is 0 Å². The van der Waals surface area contributed by atoms with Crippen molar-refractivity contribution in [1.29, 1.82) is 0 Å². The lowest BCUT2D eigenvalue weighted by Gasteiger charge is -2.02. The van der Waals surface area contributed by atoms with Crippen molar-refractivity contribution in [3.63, 3.8) is 0 Å². The summed E-state index contributed by atoms with van der Waals surface area (Å²) in [6.45, 7) is 2.03. The van der Waals surface area contributed by atoms with E-state index in [1.54, 1.807) is 0 Å². The molecule has 0 aliphatic carbocycles. The van der Waals surface area contributed by atoms with Crippen molar-refractivity contribution < 1.29 is 4.79 Å². The minimum absolute atomic E-state index is 0.709. The van der Waals surface area contributed by atoms with E-state index in [9.17, 15) is 4.79 Å². The van der Waals surface area contributed by atoms with Gasteiger partial charge in [0.05, 0.1) is 5.69 Å². The van der Waals surface area contributed by atoms with Crippen molar-refractivity contribution in [3.05, 3.63) is 63.5 Å². The molecule has 0 aliphatic rings. The van der Waals surface area contributed by atoms with Gasteiger partial charge in [0.2, 0.25) is 0 Å². The molecular weight excluding hydrogens is 349 g/mol. The van der Waals surface area contributed by atoms with Crippen molar-refractivity contribution in [2.24, 2.45) is 0 Å². The molecule has 2 aromatic heterocycles. The number of pyridine rings is 1. The topological polar surface area (TPSA) is 21.5 Å². The first kappa shape index (κ1) is 12.4. The molecule has 94 valence electrons. The van der Waals surface area contributed by atoms with E-state index in [-0.39, 0.29) is 0 Å². The number of hydrogen-bond acceptors (Lipinski definition) is 1. The van der Waals surface area contributed by atoms with Gasteiger partial charge < -0.3 is 4.40 Å². The molecule has 3 aromatic rings. The molecule has 0 radical (unpaired) electrons. The average Bonchev–Trinajstić information content (AvgIpc) is 2.76. The van der Waals surface area contributed by atoms with Gasteiger partial charge in [-0.2, -0.15) is 0 Å². The average molecular weight is 361 g/mol. The van der Waals surface area contributed by atoms with Gasteiger partial charge in [-0.1, -0.05) is 18.2 Å². The summed E-state index contributed by atoms with van der Waals surface area (Å²) in [5.41, 5.74) is 4.96. The Bertz CT molecular complexity index is 774. The first-order valence-electron chi connectivity index (χ1n) is 6.02. The maximum atomic E-state index is 11.4. The number of benzene rings is 1. The molecule has 0 N–H and O–H groups in total. The molecule has 0 spiro atoms. The number of hydrogen-bond donors (Lipinski definition) is 0. The molecule has 0 saturated heterocycles. The summed E-state index contributed by atoms with van der Waals surface area (Å²) < 4.78 is 3.12. The molecule has 0 unspecified atom stereocenters.